The fraction of sp³-hybridized carbons (Fsp3) is 0.600. The molecule has 0 atom stereocenters. The van der Waals surface area contributed by atoms with Crippen LogP contribution in [0.25, 0.3) is 0 Å². The van der Waals surface area contributed by atoms with Gasteiger partial charge in [-0.15, -0.1) is 0 Å². The van der Waals surface area contributed by atoms with Gasteiger partial charge in [0.25, 0.3) is 0 Å². The van der Waals surface area contributed by atoms with E-state index in [1.807, 2.05) is 0 Å². The third-order valence-corrected chi connectivity index (χ3v) is 3.36. The Kier molecular flexibility index (Phi) is 12.2. The van der Waals surface area contributed by atoms with Crippen molar-refractivity contribution in [3.8, 4) is 0 Å². The van der Waals surface area contributed by atoms with E-state index in [0.717, 1.165) is 45.8 Å². The summed E-state index contributed by atoms with van der Waals surface area (Å²) in [5, 5.41) is 3.52. The fourth-order valence-electron chi connectivity index (χ4n) is 2.25. The minimum absolute atomic E-state index is 0. The summed E-state index contributed by atoms with van der Waals surface area (Å²) in [6.45, 7) is 7.40. The van der Waals surface area contributed by atoms with Crippen molar-refractivity contribution < 1.29 is 29.6 Å². The zero-order chi connectivity index (χ0) is 12.5. The highest BCUT2D eigenvalue weighted by atomic mass is 35.5. The van der Waals surface area contributed by atoms with Crippen molar-refractivity contribution in [1.82, 2.24) is 10.2 Å². The van der Waals surface area contributed by atoms with Gasteiger partial charge >= 0.3 is 0 Å². The van der Waals surface area contributed by atoms with Crippen LogP contribution in [0.15, 0.2) is 30.3 Å². The van der Waals surface area contributed by atoms with Crippen LogP contribution in [-0.2, 0) is 11.2 Å². The lowest BCUT2D eigenvalue weighted by molar-refractivity contribution is -0.00100. The highest BCUT2D eigenvalue weighted by Gasteiger charge is 2.08. The number of benzene rings is 1. The molecule has 0 aliphatic carbocycles. The molecule has 1 aromatic rings. The second-order valence-electron chi connectivity index (χ2n) is 4.79. The number of halogens is 2. The molecular formula is C15H24Cl2N2O-2. The maximum Gasteiger partial charge on any atom is 0.0594 e. The van der Waals surface area contributed by atoms with Gasteiger partial charge in [-0.1, -0.05) is 30.3 Å². The SMILES string of the molecule is [Cl-].[Cl-].c1ccc(CCNCCCN2CCOCC2)cc1. The summed E-state index contributed by atoms with van der Waals surface area (Å²) in [4.78, 5) is 2.49. The predicted octanol–water partition coefficient (Wildman–Crippen LogP) is -4.45. The van der Waals surface area contributed by atoms with Gasteiger partial charge in [0, 0.05) is 13.1 Å². The Morgan fingerprint density at radius 2 is 1.70 bits per heavy atom. The smallest absolute Gasteiger partial charge is 0.0594 e. The molecule has 116 valence electrons. The minimum atomic E-state index is 0. The van der Waals surface area contributed by atoms with Crippen molar-refractivity contribution in [1.29, 1.82) is 0 Å². The van der Waals surface area contributed by atoms with Crippen molar-refractivity contribution in [2.24, 2.45) is 0 Å². The molecule has 0 aromatic heterocycles. The van der Waals surface area contributed by atoms with Crippen LogP contribution < -0.4 is 30.1 Å². The molecule has 3 nitrogen and oxygen atoms in total. The summed E-state index contributed by atoms with van der Waals surface area (Å²) in [6.07, 6.45) is 2.35. The third-order valence-electron chi connectivity index (χ3n) is 3.36. The van der Waals surface area contributed by atoms with Gasteiger partial charge in [0.05, 0.1) is 13.2 Å². The highest BCUT2D eigenvalue weighted by Crippen LogP contribution is 1.99. The Hall–Kier alpha value is -0.320. The number of nitrogens with one attached hydrogen (secondary N) is 1. The summed E-state index contributed by atoms with van der Waals surface area (Å²) in [5.41, 5.74) is 1.41. The molecule has 1 N–H and O–H groups in total. The zero-order valence-corrected chi connectivity index (χ0v) is 13.4. The summed E-state index contributed by atoms with van der Waals surface area (Å²) in [5.74, 6) is 0. The van der Waals surface area contributed by atoms with Gasteiger partial charge in [-0.3, -0.25) is 4.90 Å². The normalized spacial score (nSPS) is 15.2. The van der Waals surface area contributed by atoms with Gasteiger partial charge in [-0.05, 0) is 38.0 Å². The summed E-state index contributed by atoms with van der Waals surface area (Å²) in [6, 6.07) is 10.7. The first-order chi connectivity index (χ1) is 8.95. The third kappa shape index (κ3) is 8.08. The first-order valence-electron chi connectivity index (χ1n) is 7.00. The molecule has 5 heteroatoms. The predicted molar refractivity (Wildman–Crippen MR) is 74.9 cm³/mol. The second kappa shape index (κ2) is 12.4. The molecule has 0 bridgehead atoms. The first-order valence-corrected chi connectivity index (χ1v) is 7.00. The standard InChI is InChI=1S/C15H24N2O.2ClH/c1-2-5-15(6-3-1)7-9-16-8-4-10-17-11-13-18-14-12-17;;/h1-3,5-6,16H,4,7-14H2;2*1H/p-2. The lowest BCUT2D eigenvalue weighted by Crippen LogP contribution is -3.00. The van der Waals surface area contributed by atoms with E-state index in [0.29, 0.717) is 0 Å². The molecule has 1 aromatic carbocycles. The molecule has 1 fully saturated rings. The lowest BCUT2D eigenvalue weighted by Gasteiger charge is -2.26. The molecule has 1 aliphatic rings. The van der Waals surface area contributed by atoms with Crippen LogP contribution >= 0.6 is 0 Å². The lowest BCUT2D eigenvalue weighted by atomic mass is 10.1. The highest BCUT2D eigenvalue weighted by molar-refractivity contribution is 5.14. The van der Waals surface area contributed by atoms with Crippen LogP contribution in [-0.4, -0.2) is 50.8 Å². The Morgan fingerprint density at radius 1 is 1.00 bits per heavy atom. The molecule has 1 saturated heterocycles. The van der Waals surface area contributed by atoms with Gasteiger partial charge in [0.2, 0.25) is 0 Å². The molecule has 20 heavy (non-hydrogen) atoms. The Bertz CT molecular complexity index is 319. The molecule has 0 saturated carbocycles. The van der Waals surface area contributed by atoms with Crippen LogP contribution in [0.3, 0.4) is 0 Å². The van der Waals surface area contributed by atoms with E-state index in [1.54, 1.807) is 0 Å². The topological polar surface area (TPSA) is 24.5 Å². The monoisotopic (exact) mass is 318 g/mol. The second-order valence-corrected chi connectivity index (χ2v) is 4.79. The van der Waals surface area contributed by atoms with Crippen LogP contribution in [0.4, 0.5) is 0 Å². The van der Waals surface area contributed by atoms with E-state index in [1.165, 1.54) is 18.5 Å². The molecule has 0 radical (unpaired) electrons. The molecule has 1 aliphatic heterocycles. The average molecular weight is 319 g/mol. The number of rotatable bonds is 7. The Balaban J connectivity index is 0.00000180. The van der Waals surface area contributed by atoms with Crippen molar-refractivity contribution in [3.05, 3.63) is 35.9 Å². The van der Waals surface area contributed by atoms with Crippen LogP contribution in [0.2, 0.25) is 0 Å². The maximum absolute atomic E-state index is 5.34. The number of nitrogens with zero attached hydrogens (tertiary/aromatic N) is 1. The van der Waals surface area contributed by atoms with Crippen molar-refractivity contribution >= 4 is 0 Å². The minimum Gasteiger partial charge on any atom is -1.00 e. The number of hydrogen-bond donors (Lipinski definition) is 1. The molecule has 0 amide bonds. The molecule has 0 spiro atoms. The summed E-state index contributed by atoms with van der Waals surface area (Å²) >= 11 is 0. The maximum atomic E-state index is 5.34. The Morgan fingerprint density at radius 3 is 2.40 bits per heavy atom. The zero-order valence-electron chi connectivity index (χ0n) is 11.9. The quantitative estimate of drug-likeness (QED) is 0.513. The molecular weight excluding hydrogens is 295 g/mol. The number of hydrogen-bond acceptors (Lipinski definition) is 3. The summed E-state index contributed by atoms with van der Waals surface area (Å²) in [7, 11) is 0. The molecule has 0 unspecified atom stereocenters. The number of morpholine rings is 1. The van der Waals surface area contributed by atoms with E-state index in [2.05, 4.69) is 40.5 Å². The van der Waals surface area contributed by atoms with E-state index in [4.69, 9.17) is 4.74 Å². The first kappa shape index (κ1) is 19.7. The van der Waals surface area contributed by atoms with Crippen LogP contribution in [0.5, 0.6) is 0 Å². The Labute approximate surface area is 134 Å². The van der Waals surface area contributed by atoms with E-state index in [-0.39, 0.29) is 24.8 Å². The average Bonchev–Trinajstić information content (AvgIpc) is 2.45. The van der Waals surface area contributed by atoms with Crippen LogP contribution in [0.1, 0.15) is 12.0 Å². The van der Waals surface area contributed by atoms with Gasteiger partial charge in [0.1, 0.15) is 0 Å². The fourth-order valence-corrected chi connectivity index (χ4v) is 2.25. The van der Waals surface area contributed by atoms with Gasteiger partial charge in [-0.25, -0.2) is 0 Å². The largest absolute Gasteiger partial charge is 1.00 e. The summed E-state index contributed by atoms with van der Waals surface area (Å²) < 4.78 is 5.34. The van der Waals surface area contributed by atoms with Crippen molar-refractivity contribution in [2.75, 3.05) is 45.9 Å². The van der Waals surface area contributed by atoms with E-state index >= 15 is 0 Å². The van der Waals surface area contributed by atoms with Gasteiger partial charge < -0.3 is 34.9 Å². The molecule has 1 heterocycles. The van der Waals surface area contributed by atoms with Crippen molar-refractivity contribution in [3.63, 3.8) is 0 Å². The van der Waals surface area contributed by atoms with E-state index in [9.17, 15) is 0 Å². The van der Waals surface area contributed by atoms with Crippen molar-refractivity contribution in [2.45, 2.75) is 12.8 Å². The molecule has 2 rings (SSSR count). The van der Waals surface area contributed by atoms with Crippen LogP contribution in [0, 0.1) is 0 Å². The van der Waals surface area contributed by atoms with E-state index < -0.39 is 0 Å². The number of ether oxygens (including phenoxy) is 1. The van der Waals surface area contributed by atoms with Gasteiger partial charge in [-0.2, -0.15) is 0 Å². The van der Waals surface area contributed by atoms with Gasteiger partial charge in [0.15, 0.2) is 0 Å².